The molecular formula is C24H25ClFN3. The minimum atomic E-state index is -0.232. The number of halogens is 2. The van der Waals surface area contributed by atoms with Crippen LogP contribution >= 0.6 is 12.4 Å². The number of nitrogens with one attached hydrogen (secondary N) is 1. The Morgan fingerprint density at radius 2 is 1.69 bits per heavy atom. The Bertz CT molecular complexity index is 1130. The van der Waals surface area contributed by atoms with Crippen molar-refractivity contribution in [2.75, 3.05) is 5.32 Å². The van der Waals surface area contributed by atoms with Gasteiger partial charge in [0.15, 0.2) is 0 Å². The van der Waals surface area contributed by atoms with Gasteiger partial charge in [-0.25, -0.2) is 4.39 Å². The Kier molecular flexibility index (Phi) is 6.23. The summed E-state index contributed by atoms with van der Waals surface area (Å²) in [5, 5.41) is 4.60. The smallest absolute Gasteiger partial charge is 0.123 e. The Hall–Kier alpha value is -2.85. The molecule has 2 aromatic heterocycles. The van der Waals surface area contributed by atoms with Crippen molar-refractivity contribution in [2.45, 2.75) is 33.9 Å². The average Bonchev–Trinajstić information content (AvgIpc) is 2.95. The first kappa shape index (κ1) is 20.9. The topological polar surface area (TPSA) is 29.9 Å². The molecule has 0 saturated heterocycles. The first-order valence-corrected chi connectivity index (χ1v) is 9.52. The number of benzene rings is 2. The lowest BCUT2D eigenvalue weighted by Crippen LogP contribution is -2.08. The zero-order valence-corrected chi connectivity index (χ0v) is 17.7. The van der Waals surface area contributed by atoms with Crippen molar-refractivity contribution in [2.24, 2.45) is 0 Å². The molecule has 0 fully saturated rings. The van der Waals surface area contributed by atoms with Crippen molar-refractivity contribution in [3.8, 4) is 0 Å². The van der Waals surface area contributed by atoms with E-state index in [-0.39, 0.29) is 18.2 Å². The maximum Gasteiger partial charge on any atom is 0.123 e. The minimum Gasteiger partial charge on any atom is -0.379 e. The Morgan fingerprint density at radius 3 is 2.41 bits per heavy atom. The second-order valence-electron chi connectivity index (χ2n) is 7.24. The number of pyridine rings is 1. The third kappa shape index (κ3) is 4.13. The van der Waals surface area contributed by atoms with E-state index < -0.39 is 0 Å². The molecule has 0 unspecified atom stereocenters. The largest absolute Gasteiger partial charge is 0.379 e. The number of fused-ring (bicyclic) bond motifs is 1. The van der Waals surface area contributed by atoms with Crippen LogP contribution in [0.5, 0.6) is 0 Å². The molecule has 5 heteroatoms. The summed E-state index contributed by atoms with van der Waals surface area (Å²) in [5.74, 6) is -0.232. The normalized spacial score (nSPS) is 10.8. The van der Waals surface area contributed by atoms with E-state index >= 15 is 0 Å². The van der Waals surface area contributed by atoms with Crippen molar-refractivity contribution in [1.82, 2.24) is 9.55 Å². The molecule has 0 aliphatic carbocycles. The van der Waals surface area contributed by atoms with E-state index in [0.717, 1.165) is 23.4 Å². The third-order valence-electron chi connectivity index (χ3n) is 5.52. The maximum atomic E-state index is 13.2. The van der Waals surface area contributed by atoms with E-state index in [1.807, 2.05) is 6.20 Å². The molecule has 0 saturated carbocycles. The van der Waals surface area contributed by atoms with Crippen molar-refractivity contribution in [3.63, 3.8) is 0 Å². The summed E-state index contributed by atoms with van der Waals surface area (Å²) < 4.78 is 15.5. The van der Waals surface area contributed by atoms with E-state index in [1.165, 1.54) is 39.9 Å². The van der Waals surface area contributed by atoms with Gasteiger partial charge in [0.25, 0.3) is 0 Å². The molecule has 0 atom stereocenters. The summed E-state index contributed by atoms with van der Waals surface area (Å²) in [6.07, 6.45) is 1.87. The number of hydrogen-bond donors (Lipinski definition) is 1. The van der Waals surface area contributed by atoms with Gasteiger partial charge in [0.2, 0.25) is 0 Å². The molecule has 29 heavy (non-hydrogen) atoms. The van der Waals surface area contributed by atoms with Crippen molar-refractivity contribution >= 4 is 29.0 Å². The highest BCUT2D eigenvalue weighted by Gasteiger charge is 2.16. The highest BCUT2D eigenvalue weighted by atomic mass is 35.5. The fourth-order valence-corrected chi connectivity index (χ4v) is 3.70. The number of aryl methyl sites for hydroxylation is 2. The van der Waals surface area contributed by atoms with Gasteiger partial charge < -0.3 is 9.88 Å². The summed E-state index contributed by atoms with van der Waals surface area (Å²) in [4.78, 5) is 4.66. The molecular weight excluding hydrogens is 385 g/mol. The first-order chi connectivity index (χ1) is 13.5. The zero-order chi connectivity index (χ0) is 19.7. The van der Waals surface area contributed by atoms with Crippen LogP contribution in [0, 0.1) is 26.6 Å². The van der Waals surface area contributed by atoms with Gasteiger partial charge in [-0.05, 0) is 67.8 Å². The highest BCUT2D eigenvalue weighted by molar-refractivity contribution is 5.87. The van der Waals surface area contributed by atoms with Crippen LogP contribution in [-0.2, 0) is 13.1 Å². The van der Waals surface area contributed by atoms with Gasteiger partial charge in [-0.2, -0.15) is 0 Å². The van der Waals surface area contributed by atoms with Crippen molar-refractivity contribution < 1.29 is 4.39 Å². The number of anilines is 1. The van der Waals surface area contributed by atoms with E-state index in [9.17, 15) is 4.39 Å². The van der Waals surface area contributed by atoms with E-state index in [2.05, 4.69) is 66.0 Å². The highest BCUT2D eigenvalue weighted by Crippen LogP contribution is 2.28. The molecule has 150 valence electrons. The van der Waals surface area contributed by atoms with Gasteiger partial charge >= 0.3 is 0 Å². The molecule has 0 aliphatic heterocycles. The van der Waals surface area contributed by atoms with Gasteiger partial charge in [0, 0.05) is 29.5 Å². The summed E-state index contributed by atoms with van der Waals surface area (Å²) in [5.41, 5.74) is 8.18. The van der Waals surface area contributed by atoms with E-state index in [0.29, 0.717) is 6.54 Å². The van der Waals surface area contributed by atoms with Gasteiger partial charge in [0.05, 0.1) is 17.8 Å². The van der Waals surface area contributed by atoms with Crippen LogP contribution in [0.4, 0.5) is 10.1 Å². The molecule has 2 heterocycles. The molecule has 0 spiro atoms. The van der Waals surface area contributed by atoms with E-state index in [4.69, 9.17) is 0 Å². The molecule has 4 aromatic rings. The molecule has 0 aliphatic rings. The average molecular weight is 410 g/mol. The molecule has 2 aromatic carbocycles. The van der Waals surface area contributed by atoms with Crippen LogP contribution in [-0.4, -0.2) is 9.55 Å². The Labute approximate surface area is 177 Å². The van der Waals surface area contributed by atoms with Gasteiger partial charge in [0.1, 0.15) is 5.82 Å². The summed E-state index contributed by atoms with van der Waals surface area (Å²) >= 11 is 0. The lowest BCUT2D eigenvalue weighted by Gasteiger charge is -2.14. The van der Waals surface area contributed by atoms with Crippen LogP contribution in [0.3, 0.4) is 0 Å². The third-order valence-corrected chi connectivity index (χ3v) is 5.52. The van der Waals surface area contributed by atoms with Crippen LogP contribution in [0.2, 0.25) is 0 Å². The molecule has 0 amide bonds. The van der Waals surface area contributed by atoms with Crippen LogP contribution in [0.1, 0.15) is 28.1 Å². The minimum absolute atomic E-state index is 0. The second kappa shape index (κ2) is 8.66. The van der Waals surface area contributed by atoms with Gasteiger partial charge in [-0.3, -0.25) is 4.98 Å². The predicted molar refractivity (Wildman–Crippen MR) is 120 cm³/mol. The lowest BCUT2D eigenvalue weighted by molar-refractivity contribution is 0.628. The van der Waals surface area contributed by atoms with Gasteiger partial charge in [-0.15, -0.1) is 12.4 Å². The fraction of sp³-hybridized carbons (Fsp3) is 0.208. The van der Waals surface area contributed by atoms with Crippen LogP contribution in [0.15, 0.2) is 60.8 Å². The summed E-state index contributed by atoms with van der Waals surface area (Å²) in [6, 6.07) is 17.0. The van der Waals surface area contributed by atoms with Crippen LogP contribution in [0.25, 0.3) is 10.9 Å². The number of nitrogens with zero attached hydrogens (tertiary/aromatic N) is 2. The Balaban J connectivity index is 0.00000240. The molecule has 3 nitrogen and oxygen atoms in total. The number of hydrogen-bond acceptors (Lipinski definition) is 2. The number of rotatable bonds is 5. The Morgan fingerprint density at radius 1 is 0.966 bits per heavy atom. The predicted octanol–water partition coefficient (Wildman–Crippen LogP) is 6.18. The zero-order valence-electron chi connectivity index (χ0n) is 16.9. The van der Waals surface area contributed by atoms with E-state index in [1.54, 1.807) is 12.1 Å². The molecule has 0 radical (unpaired) electrons. The molecule has 1 N–H and O–H groups in total. The quantitative estimate of drug-likeness (QED) is 0.426. The standard InChI is InChI=1S/C24H24FN3.ClH/c1-16-6-4-5-7-19(16)15-28-18(3)17(2)22-12-13-26-23(24(22)28)14-27-21-10-8-20(25)9-11-21;/h4-13,27H,14-15H2,1-3H3;1H. The number of aromatic nitrogens is 2. The fourth-order valence-electron chi connectivity index (χ4n) is 3.70. The van der Waals surface area contributed by atoms with Gasteiger partial charge in [-0.1, -0.05) is 24.3 Å². The van der Waals surface area contributed by atoms with Crippen molar-refractivity contribution in [1.29, 1.82) is 0 Å². The monoisotopic (exact) mass is 409 g/mol. The van der Waals surface area contributed by atoms with Crippen molar-refractivity contribution in [3.05, 3.63) is 94.7 Å². The SMILES string of the molecule is Cc1ccccc1Cn1c(C)c(C)c2ccnc(CNc3ccc(F)cc3)c21.Cl. The lowest BCUT2D eigenvalue weighted by atomic mass is 10.1. The summed E-state index contributed by atoms with van der Waals surface area (Å²) in [7, 11) is 0. The molecule has 4 rings (SSSR count). The second-order valence-corrected chi connectivity index (χ2v) is 7.24. The molecule has 0 bridgehead atoms. The van der Waals surface area contributed by atoms with Crippen LogP contribution < -0.4 is 5.32 Å². The first-order valence-electron chi connectivity index (χ1n) is 9.52. The summed E-state index contributed by atoms with van der Waals surface area (Å²) in [6.45, 7) is 7.89. The maximum absolute atomic E-state index is 13.2.